The summed E-state index contributed by atoms with van der Waals surface area (Å²) in [6, 6.07) is 7.59. The van der Waals surface area contributed by atoms with Crippen LogP contribution in [-0.4, -0.2) is 53.7 Å². The molecule has 170 valence electrons. The number of ether oxygens (including phenoxy) is 2. The van der Waals surface area contributed by atoms with Gasteiger partial charge in [0, 0.05) is 25.8 Å². The van der Waals surface area contributed by atoms with E-state index in [0.717, 1.165) is 0 Å². The second-order valence-corrected chi connectivity index (χ2v) is 7.46. The Balaban J connectivity index is 2.17. The monoisotopic (exact) mass is 443 g/mol. The van der Waals surface area contributed by atoms with Crippen LogP contribution in [0.3, 0.4) is 0 Å². The number of aliphatic hydroxyl groups is 1. The van der Waals surface area contributed by atoms with E-state index in [0.29, 0.717) is 30.8 Å². The normalized spacial score (nSPS) is 17.8. The molecule has 0 aromatic heterocycles. The molecule has 0 radical (unpaired) electrons. The smallest absolute Gasteiger partial charge is 0.295 e. The molecule has 0 spiro atoms. The van der Waals surface area contributed by atoms with Crippen LogP contribution in [0.2, 0.25) is 0 Å². The molecular weight excluding hydrogens is 417 g/mol. The molecule has 1 saturated heterocycles. The number of aromatic hydroxyl groups is 1. The van der Waals surface area contributed by atoms with Crippen LogP contribution in [0.4, 0.5) is 4.39 Å². The highest BCUT2D eigenvalue weighted by molar-refractivity contribution is 6.46. The Hall–Kier alpha value is -3.39. The molecule has 1 fully saturated rings. The van der Waals surface area contributed by atoms with Crippen molar-refractivity contribution in [2.75, 3.05) is 26.9 Å². The molecule has 2 N–H and O–H groups in total. The van der Waals surface area contributed by atoms with Crippen LogP contribution >= 0.6 is 0 Å². The van der Waals surface area contributed by atoms with Crippen LogP contribution in [0.5, 0.6) is 11.5 Å². The minimum atomic E-state index is -0.906. The lowest BCUT2D eigenvalue weighted by atomic mass is 9.94. The Morgan fingerprint density at radius 1 is 1.19 bits per heavy atom. The molecule has 1 unspecified atom stereocenters. The molecular formula is C24H26FNO6. The number of rotatable bonds is 8. The third-order valence-corrected chi connectivity index (χ3v) is 5.32. The number of carbonyl (C=O) groups excluding carboxylic acids is 2. The maximum atomic E-state index is 13.7. The first-order valence-electron chi connectivity index (χ1n) is 10.3. The first-order chi connectivity index (χ1) is 15.3. The lowest BCUT2D eigenvalue weighted by Gasteiger charge is -2.25. The maximum absolute atomic E-state index is 13.7. The number of hydrogen-bond acceptors (Lipinski definition) is 6. The number of phenols is 1. The van der Waals surface area contributed by atoms with Crippen LogP contribution in [0, 0.1) is 12.7 Å². The zero-order chi connectivity index (χ0) is 23.4. The van der Waals surface area contributed by atoms with Crippen molar-refractivity contribution in [3.05, 3.63) is 64.5 Å². The summed E-state index contributed by atoms with van der Waals surface area (Å²) in [6.45, 7) is 4.21. The zero-order valence-corrected chi connectivity index (χ0v) is 18.2. The van der Waals surface area contributed by atoms with Crippen LogP contribution in [0.25, 0.3) is 5.76 Å². The van der Waals surface area contributed by atoms with Crippen molar-refractivity contribution in [3.8, 4) is 11.5 Å². The second kappa shape index (κ2) is 9.82. The summed E-state index contributed by atoms with van der Waals surface area (Å²) < 4.78 is 24.3. The van der Waals surface area contributed by atoms with Gasteiger partial charge in [0.2, 0.25) is 0 Å². The van der Waals surface area contributed by atoms with Gasteiger partial charge in [-0.3, -0.25) is 9.59 Å². The number of nitrogens with zero attached hydrogens (tertiary/aromatic N) is 1. The largest absolute Gasteiger partial charge is 0.507 e. The summed E-state index contributed by atoms with van der Waals surface area (Å²) >= 11 is 0. The molecule has 32 heavy (non-hydrogen) atoms. The van der Waals surface area contributed by atoms with Crippen LogP contribution < -0.4 is 4.74 Å². The number of amides is 1. The fourth-order valence-electron chi connectivity index (χ4n) is 3.76. The zero-order valence-electron chi connectivity index (χ0n) is 18.2. The van der Waals surface area contributed by atoms with E-state index < -0.39 is 29.3 Å². The molecule has 2 aromatic rings. The van der Waals surface area contributed by atoms with Crippen molar-refractivity contribution in [2.24, 2.45) is 0 Å². The highest BCUT2D eigenvalue weighted by atomic mass is 19.1. The summed E-state index contributed by atoms with van der Waals surface area (Å²) in [5.41, 5.74) is 0.908. The fraction of sp³-hybridized carbons (Fsp3) is 0.333. The highest BCUT2D eigenvalue weighted by Gasteiger charge is 2.46. The van der Waals surface area contributed by atoms with Crippen molar-refractivity contribution in [3.63, 3.8) is 0 Å². The van der Waals surface area contributed by atoms with E-state index in [9.17, 15) is 24.2 Å². The molecule has 1 aliphatic rings. The predicted octanol–water partition coefficient (Wildman–Crippen LogP) is 3.70. The molecule has 0 bridgehead atoms. The number of likely N-dealkylation sites (tertiary alicyclic amines) is 1. The van der Waals surface area contributed by atoms with Crippen LogP contribution in [0.1, 0.15) is 36.1 Å². The van der Waals surface area contributed by atoms with Gasteiger partial charge in [0.25, 0.3) is 11.7 Å². The van der Waals surface area contributed by atoms with E-state index >= 15 is 0 Å². The quantitative estimate of drug-likeness (QED) is 0.280. The van der Waals surface area contributed by atoms with Crippen molar-refractivity contribution in [1.82, 2.24) is 4.90 Å². The third-order valence-electron chi connectivity index (χ3n) is 5.32. The van der Waals surface area contributed by atoms with Gasteiger partial charge in [-0.1, -0.05) is 6.07 Å². The summed E-state index contributed by atoms with van der Waals surface area (Å²) in [5.74, 6) is -2.31. The Labute approximate surface area is 185 Å². The van der Waals surface area contributed by atoms with Crippen molar-refractivity contribution >= 4 is 17.4 Å². The molecule has 0 saturated carbocycles. The lowest BCUT2D eigenvalue weighted by molar-refractivity contribution is -0.140. The average molecular weight is 443 g/mol. The van der Waals surface area contributed by atoms with Crippen molar-refractivity contribution < 1.29 is 33.7 Å². The number of carbonyl (C=O) groups is 2. The summed E-state index contributed by atoms with van der Waals surface area (Å²) in [6.07, 6.45) is 0.478. The van der Waals surface area contributed by atoms with Gasteiger partial charge in [-0.15, -0.1) is 0 Å². The first kappa shape index (κ1) is 23.3. The van der Waals surface area contributed by atoms with E-state index in [1.54, 1.807) is 26.0 Å². The van der Waals surface area contributed by atoms with E-state index in [2.05, 4.69) is 0 Å². The molecule has 1 atom stereocenters. The predicted molar refractivity (Wildman–Crippen MR) is 116 cm³/mol. The van der Waals surface area contributed by atoms with Crippen molar-refractivity contribution in [1.29, 1.82) is 0 Å². The number of ketones is 1. The number of benzene rings is 2. The molecule has 0 aliphatic carbocycles. The number of phenolic OH excluding ortho intramolecular Hbond substituents is 1. The summed E-state index contributed by atoms with van der Waals surface area (Å²) in [4.78, 5) is 27.2. The van der Waals surface area contributed by atoms with E-state index in [1.807, 2.05) is 0 Å². The van der Waals surface area contributed by atoms with E-state index in [-0.39, 0.29) is 29.2 Å². The average Bonchev–Trinajstić information content (AvgIpc) is 3.02. The minimum absolute atomic E-state index is 0.0823. The Morgan fingerprint density at radius 3 is 2.59 bits per heavy atom. The van der Waals surface area contributed by atoms with E-state index in [1.165, 1.54) is 36.3 Å². The maximum Gasteiger partial charge on any atom is 0.295 e. The van der Waals surface area contributed by atoms with Gasteiger partial charge in [0.05, 0.1) is 18.2 Å². The van der Waals surface area contributed by atoms with E-state index in [4.69, 9.17) is 9.47 Å². The first-order valence-corrected chi connectivity index (χ1v) is 10.3. The number of aryl methyl sites for hydroxylation is 1. The topological polar surface area (TPSA) is 96.3 Å². The SMILES string of the molecule is CCOc1cc(C2/C(=C(/O)c3ccc(F)c(C)c3)C(=O)C(=O)N2CCCOC)ccc1O. The van der Waals surface area contributed by atoms with Gasteiger partial charge in [-0.05, 0) is 61.7 Å². The van der Waals surface area contributed by atoms with Gasteiger partial charge in [-0.2, -0.15) is 0 Å². The number of hydrogen-bond donors (Lipinski definition) is 2. The Bertz CT molecular complexity index is 1060. The van der Waals surface area contributed by atoms with Gasteiger partial charge in [0.15, 0.2) is 11.5 Å². The van der Waals surface area contributed by atoms with Gasteiger partial charge < -0.3 is 24.6 Å². The molecule has 8 heteroatoms. The molecule has 1 aliphatic heterocycles. The van der Waals surface area contributed by atoms with Gasteiger partial charge >= 0.3 is 0 Å². The number of Topliss-reactive ketones (excluding diaryl/α,β-unsaturated/α-hetero) is 1. The fourth-order valence-corrected chi connectivity index (χ4v) is 3.76. The van der Waals surface area contributed by atoms with Crippen LogP contribution in [0.15, 0.2) is 42.0 Å². The number of methoxy groups -OCH3 is 1. The highest BCUT2D eigenvalue weighted by Crippen LogP contribution is 2.42. The Morgan fingerprint density at radius 2 is 1.94 bits per heavy atom. The molecule has 7 nitrogen and oxygen atoms in total. The standard InChI is InChI=1S/C24H26FNO6/c1-4-32-19-13-15(7-9-18(19)27)21-20(22(28)16-6-8-17(25)14(2)12-16)23(29)24(30)26(21)10-5-11-31-3/h6-9,12-13,21,27-28H,4-5,10-11H2,1-3H3/b22-20-. The van der Waals surface area contributed by atoms with Crippen molar-refractivity contribution in [2.45, 2.75) is 26.3 Å². The molecule has 2 aromatic carbocycles. The molecule has 1 amide bonds. The molecule has 3 rings (SSSR count). The number of aliphatic hydroxyl groups excluding tert-OH is 1. The summed E-state index contributed by atoms with van der Waals surface area (Å²) in [5, 5.41) is 21.1. The third kappa shape index (κ3) is 4.45. The lowest BCUT2D eigenvalue weighted by Crippen LogP contribution is -2.31. The van der Waals surface area contributed by atoms with Gasteiger partial charge in [-0.25, -0.2) is 4.39 Å². The van der Waals surface area contributed by atoms with Crippen LogP contribution in [-0.2, 0) is 14.3 Å². The number of halogens is 1. The summed E-state index contributed by atoms with van der Waals surface area (Å²) in [7, 11) is 1.54. The molecule has 1 heterocycles. The minimum Gasteiger partial charge on any atom is -0.507 e. The van der Waals surface area contributed by atoms with Gasteiger partial charge in [0.1, 0.15) is 11.6 Å². The Kier molecular flexibility index (Phi) is 7.15. The second-order valence-electron chi connectivity index (χ2n) is 7.46.